The molecule has 2 aromatic carbocycles. The van der Waals surface area contributed by atoms with E-state index in [1.807, 2.05) is 30.3 Å². The summed E-state index contributed by atoms with van der Waals surface area (Å²) in [6.07, 6.45) is -1.53. The third-order valence-electron chi connectivity index (χ3n) is 6.23. The monoisotopic (exact) mass is 585 g/mol. The van der Waals surface area contributed by atoms with Crippen LogP contribution in [0.2, 0.25) is 5.02 Å². The molecule has 0 atom stereocenters. The second-order valence-electron chi connectivity index (χ2n) is 9.39. The van der Waals surface area contributed by atoms with Crippen LogP contribution in [0.5, 0.6) is 0 Å². The van der Waals surface area contributed by atoms with Crippen molar-refractivity contribution in [2.24, 2.45) is 0 Å². The molecule has 1 aliphatic carbocycles. The van der Waals surface area contributed by atoms with Crippen LogP contribution in [0.1, 0.15) is 18.4 Å². The fraction of sp³-hybridized carbons (Fsp3) is 0.400. The van der Waals surface area contributed by atoms with Gasteiger partial charge in [0.2, 0.25) is 0 Å². The molecule has 2 N–H and O–H groups in total. The lowest BCUT2D eigenvalue weighted by Crippen LogP contribution is -2.46. The minimum absolute atomic E-state index is 0.252. The molecular formula is C25H27ClF3N5O4S. The van der Waals surface area contributed by atoms with Crippen molar-refractivity contribution in [1.82, 2.24) is 14.9 Å². The zero-order valence-electron chi connectivity index (χ0n) is 20.9. The van der Waals surface area contributed by atoms with Crippen LogP contribution in [-0.2, 0) is 21.2 Å². The number of nitrogens with one attached hydrogen (secondary N) is 1. The molecule has 3 aromatic rings. The second kappa shape index (κ2) is 11.5. The van der Waals surface area contributed by atoms with Crippen molar-refractivity contribution in [3.05, 3.63) is 53.1 Å². The number of nitrogens with zero attached hydrogens (tertiary/aromatic N) is 4. The number of carboxylic acids is 1. The van der Waals surface area contributed by atoms with Crippen LogP contribution >= 0.6 is 11.6 Å². The highest BCUT2D eigenvalue weighted by molar-refractivity contribution is 7.90. The first-order valence-electron chi connectivity index (χ1n) is 12.1. The van der Waals surface area contributed by atoms with Gasteiger partial charge in [0, 0.05) is 50.0 Å². The molecule has 0 bridgehead atoms. The number of aliphatic carboxylic acids is 1. The third kappa shape index (κ3) is 7.70. The van der Waals surface area contributed by atoms with Gasteiger partial charge in [-0.25, -0.2) is 23.2 Å². The average molecular weight is 586 g/mol. The quantitative estimate of drug-likeness (QED) is 0.439. The third-order valence-corrected chi connectivity index (χ3v) is 7.69. The van der Waals surface area contributed by atoms with Gasteiger partial charge >= 0.3 is 12.1 Å². The number of hydrogen-bond acceptors (Lipinski definition) is 8. The molecule has 0 radical (unpaired) electrons. The maximum absolute atomic E-state index is 11.7. The number of anilines is 2. The Morgan fingerprint density at radius 1 is 1.08 bits per heavy atom. The number of hydrogen-bond donors (Lipinski definition) is 2. The molecule has 2 fully saturated rings. The van der Waals surface area contributed by atoms with Gasteiger partial charge < -0.3 is 15.3 Å². The maximum Gasteiger partial charge on any atom is 0.490 e. The van der Waals surface area contributed by atoms with Crippen molar-refractivity contribution in [3.63, 3.8) is 0 Å². The standard InChI is InChI=1S/C23H26ClN5O2S.C2HF3O2/c1-32(30,31)18-9-6-16(19(24)14-18)15-28-10-12-29(13-11-28)23-22(25-17-7-8-17)26-20-4-2-3-5-21(20)27-23;3-2(4,5)1(6)7/h2-6,9,14,17H,7-8,10-13,15H2,1H3,(H,25,26);(H,6,7). The van der Waals surface area contributed by atoms with E-state index < -0.39 is 22.0 Å². The van der Waals surface area contributed by atoms with Crippen LogP contribution in [0, 0.1) is 0 Å². The lowest BCUT2D eigenvalue weighted by molar-refractivity contribution is -0.192. The molecule has 5 rings (SSSR count). The molecule has 9 nitrogen and oxygen atoms in total. The number of carbonyl (C=O) groups is 1. The maximum atomic E-state index is 11.7. The van der Waals surface area contributed by atoms with Gasteiger partial charge in [0.05, 0.1) is 15.9 Å². The summed E-state index contributed by atoms with van der Waals surface area (Å²) in [6, 6.07) is 13.5. The Hall–Kier alpha value is -3.16. The van der Waals surface area contributed by atoms with E-state index in [2.05, 4.69) is 15.1 Å². The van der Waals surface area contributed by atoms with E-state index in [1.54, 1.807) is 12.1 Å². The molecule has 0 amide bonds. The molecule has 0 unspecified atom stereocenters. The van der Waals surface area contributed by atoms with Crippen LogP contribution in [0.15, 0.2) is 47.4 Å². The van der Waals surface area contributed by atoms with Gasteiger partial charge in [0.1, 0.15) is 0 Å². The smallest absolute Gasteiger partial charge is 0.475 e. The molecule has 0 spiro atoms. The van der Waals surface area contributed by atoms with Crippen molar-refractivity contribution >= 4 is 50.1 Å². The Morgan fingerprint density at radius 3 is 2.18 bits per heavy atom. The normalized spacial score (nSPS) is 16.5. The van der Waals surface area contributed by atoms with Gasteiger partial charge in [-0.15, -0.1) is 0 Å². The lowest BCUT2D eigenvalue weighted by atomic mass is 10.2. The Bertz CT molecular complexity index is 1460. The SMILES string of the molecule is CS(=O)(=O)c1ccc(CN2CCN(c3nc4ccccc4nc3NC3CC3)CC2)c(Cl)c1.O=C(O)C(F)(F)F. The Kier molecular flexibility index (Phi) is 8.52. The number of aromatic nitrogens is 2. The molecule has 14 heteroatoms. The number of halogens is 4. The Balaban J connectivity index is 0.000000448. The number of piperazine rings is 1. The van der Waals surface area contributed by atoms with Crippen molar-refractivity contribution in [1.29, 1.82) is 0 Å². The molecule has 39 heavy (non-hydrogen) atoms. The summed E-state index contributed by atoms with van der Waals surface area (Å²) in [4.78, 5) is 23.6. The van der Waals surface area contributed by atoms with Crippen LogP contribution < -0.4 is 10.2 Å². The first kappa shape index (κ1) is 28.8. The zero-order chi connectivity index (χ0) is 28.4. The molecule has 2 aliphatic rings. The number of para-hydroxylation sites is 2. The van der Waals surface area contributed by atoms with Gasteiger partial charge in [-0.1, -0.05) is 29.8 Å². The number of alkyl halides is 3. The highest BCUT2D eigenvalue weighted by Crippen LogP contribution is 2.31. The first-order valence-corrected chi connectivity index (χ1v) is 14.4. The van der Waals surface area contributed by atoms with Gasteiger partial charge in [0.25, 0.3) is 0 Å². The van der Waals surface area contributed by atoms with E-state index in [0.717, 1.165) is 54.4 Å². The van der Waals surface area contributed by atoms with Crippen LogP contribution in [-0.4, -0.2) is 79.0 Å². The molecular weight excluding hydrogens is 559 g/mol. The van der Waals surface area contributed by atoms with Gasteiger partial charge in [0.15, 0.2) is 21.5 Å². The van der Waals surface area contributed by atoms with E-state index in [9.17, 15) is 21.6 Å². The molecule has 1 aromatic heterocycles. The number of sulfone groups is 1. The van der Waals surface area contributed by atoms with Crippen LogP contribution in [0.3, 0.4) is 0 Å². The number of rotatable bonds is 6. The minimum Gasteiger partial charge on any atom is -0.475 e. The van der Waals surface area contributed by atoms with Crippen LogP contribution in [0.4, 0.5) is 24.8 Å². The van der Waals surface area contributed by atoms with Crippen molar-refractivity contribution in [3.8, 4) is 0 Å². The summed E-state index contributed by atoms with van der Waals surface area (Å²) in [7, 11) is -3.26. The van der Waals surface area contributed by atoms with Gasteiger partial charge in [-0.3, -0.25) is 4.90 Å². The highest BCUT2D eigenvalue weighted by atomic mass is 35.5. The summed E-state index contributed by atoms with van der Waals surface area (Å²) >= 11 is 6.38. The summed E-state index contributed by atoms with van der Waals surface area (Å²) < 4.78 is 55.2. The van der Waals surface area contributed by atoms with Crippen molar-refractivity contribution in [2.45, 2.75) is 36.5 Å². The van der Waals surface area contributed by atoms with E-state index in [0.29, 0.717) is 17.6 Å². The number of benzene rings is 2. The fourth-order valence-electron chi connectivity index (χ4n) is 3.97. The molecule has 1 saturated heterocycles. The summed E-state index contributed by atoms with van der Waals surface area (Å²) in [5.74, 6) is -0.961. The molecule has 210 valence electrons. The van der Waals surface area contributed by atoms with E-state index in [-0.39, 0.29) is 4.90 Å². The minimum atomic E-state index is -5.08. The molecule has 1 saturated carbocycles. The van der Waals surface area contributed by atoms with Gasteiger partial charge in [-0.2, -0.15) is 13.2 Å². The first-order chi connectivity index (χ1) is 18.3. The Labute approximate surface area is 228 Å². The summed E-state index contributed by atoms with van der Waals surface area (Å²) in [6.45, 7) is 4.09. The van der Waals surface area contributed by atoms with E-state index in [4.69, 9.17) is 31.5 Å². The topological polar surface area (TPSA) is 116 Å². The lowest BCUT2D eigenvalue weighted by Gasteiger charge is -2.36. The summed E-state index contributed by atoms with van der Waals surface area (Å²) in [5.41, 5.74) is 2.75. The van der Waals surface area contributed by atoms with E-state index in [1.165, 1.54) is 19.1 Å². The average Bonchev–Trinajstić information content (AvgIpc) is 3.69. The van der Waals surface area contributed by atoms with Gasteiger partial charge in [-0.05, 0) is 42.7 Å². The molecule has 1 aliphatic heterocycles. The molecule has 2 heterocycles. The van der Waals surface area contributed by atoms with E-state index >= 15 is 0 Å². The number of fused-ring (bicyclic) bond motifs is 1. The Morgan fingerprint density at radius 2 is 1.67 bits per heavy atom. The largest absolute Gasteiger partial charge is 0.490 e. The predicted molar refractivity (Wildman–Crippen MR) is 142 cm³/mol. The highest BCUT2D eigenvalue weighted by Gasteiger charge is 2.38. The van der Waals surface area contributed by atoms with Crippen LogP contribution in [0.25, 0.3) is 11.0 Å². The fourth-order valence-corrected chi connectivity index (χ4v) is 4.93. The summed E-state index contributed by atoms with van der Waals surface area (Å²) in [5, 5.41) is 11.2. The number of carboxylic acid groups (broad SMARTS) is 1. The van der Waals surface area contributed by atoms with Crippen molar-refractivity contribution in [2.75, 3.05) is 42.7 Å². The second-order valence-corrected chi connectivity index (χ2v) is 11.8. The zero-order valence-corrected chi connectivity index (χ0v) is 22.5. The van der Waals surface area contributed by atoms with Crippen molar-refractivity contribution < 1.29 is 31.5 Å². The predicted octanol–water partition coefficient (Wildman–Crippen LogP) is 4.22.